The Bertz CT molecular complexity index is 1080. The minimum absolute atomic E-state index is 0.0418. The Hall–Kier alpha value is -2.23. The van der Waals surface area contributed by atoms with Crippen LogP contribution in [0.25, 0.3) is 11.2 Å². The Balaban J connectivity index is 1.40. The summed E-state index contributed by atoms with van der Waals surface area (Å²) in [6, 6.07) is 6.06. The number of phosphoric acid groups is 1. The maximum absolute atomic E-state index is 12.2. The monoisotopic (exact) mass is 439 g/mol. The molecule has 10 nitrogen and oxygen atoms in total. The van der Waals surface area contributed by atoms with Gasteiger partial charge in [0.15, 0.2) is 5.65 Å². The summed E-state index contributed by atoms with van der Waals surface area (Å²) in [4.78, 5) is 22.3. The molecule has 0 bridgehead atoms. The third kappa shape index (κ3) is 4.22. The first-order valence-electron chi connectivity index (χ1n) is 8.84. The van der Waals surface area contributed by atoms with Crippen LogP contribution in [0.15, 0.2) is 36.8 Å². The second-order valence-electron chi connectivity index (χ2n) is 6.81. The normalized spacial score (nSPS) is 23.5. The lowest BCUT2D eigenvalue weighted by molar-refractivity contribution is -0.00487. The van der Waals surface area contributed by atoms with E-state index in [1.165, 1.54) is 18.3 Å². The minimum Gasteiger partial charge on any atom is -0.404 e. The van der Waals surface area contributed by atoms with Crippen LogP contribution in [0, 0.1) is 11.8 Å². The maximum atomic E-state index is 12.2. The van der Waals surface area contributed by atoms with Gasteiger partial charge in [-0.2, -0.15) is 4.98 Å². The van der Waals surface area contributed by atoms with Crippen LogP contribution in [0.5, 0.6) is 5.75 Å². The van der Waals surface area contributed by atoms with Gasteiger partial charge in [-0.3, -0.25) is 9.42 Å². The summed E-state index contributed by atoms with van der Waals surface area (Å²) in [6.45, 7) is -0.163. The zero-order valence-electron chi connectivity index (χ0n) is 15.1. The van der Waals surface area contributed by atoms with E-state index in [1.807, 2.05) is 4.57 Å². The molecule has 4 atom stereocenters. The molecule has 0 amide bonds. The maximum Gasteiger partial charge on any atom is 0.527 e. The molecule has 4 rings (SSSR count). The number of hydrogen-bond donors (Lipinski definition) is 3. The number of nitrogens with zero attached hydrogens (tertiary/aromatic N) is 4. The first kappa shape index (κ1) is 20.1. The van der Waals surface area contributed by atoms with Gasteiger partial charge in [0, 0.05) is 23.6 Å². The first-order valence-corrected chi connectivity index (χ1v) is 10.7. The highest BCUT2D eigenvalue weighted by Crippen LogP contribution is 2.49. The van der Waals surface area contributed by atoms with E-state index in [1.54, 1.807) is 18.5 Å². The average Bonchev–Trinajstić information content (AvgIpc) is 3.03. The number of anilines is 1. The zero-order chi connectivity index (χ0) is 20.6. The molecule has 1 aromatic carbocycles. The molecule has 2 heterocycles. The summed E-state index contributed by atoms with van der Waals surface area (Å²) >= 11 is 5.84. The van der Waals surface area contributed by atoms with Gasteiger partial charge in [-0.05, 0) is 30.5 Å². The van der Waals surface area contributed by atoms with Gasteiger partial charge in [0.1, 0.15) is 11.3 Å². The predicted molar refractivity (Wildman–Crippen MR) is 105 cm³/mol. The first-order chi connectivity index (χ1) is 13.9. The molecular formula is C17H19ClN5O5P. The number of halogens is 1. The summed E-state index contributed by atoms with van der Waals surface area (Å²) in [5, 5.41) is 10.2. The molecule has 1 unspecified atom stereocenters. The van der Waals surface area contributed by atoms with Gasteiger partial charge in [-0.1, -0.05) is 17.7 Å². The third-order valence-corrected chi connectivity index (χ3v) is 6.17. The number of aliphatic hydroxyl groups is 1. The van der Waals surface area contributed by atoms with E-state index < -0.39 is 7.82 Å². The molecule has 0 spiro atoms. The van der Waals surface area contributed by atoms with Crippen molar-refractivity contribution >= 4 is 36.5 Å². The van der Waals surface area contributed by atoms with Crippen molar-refractivity contribution in [3.05, 3.63) is 41.8 Å². The molecule has 1 saturated carbocycles. The fourth-order valence-corrected chi connectivity index (χ4v) is 4.51. The fourth-order valence-electron chi connectivity index (χ4n) is 3.52. The highest BCUT2D eigenvalue weighted by Gasteiger charge is 2.43. The summed E-state index contributed by atoms with van der Waals surface area (Å²) < 4.78 is 24.2. The van der Waals surface area contributed by atoms with Crippen LogP contribution in [0.1, 0.15) is 12.5 Å². The van der Waals surface area contributed by atoms with Crippen molar-refractivity contribution in [3.63, 3.8) is 0 Å². The molecule has 0 radical (unpaired) electrons. The fraction of sp³-hybridized carbons (Fsp3) is 0.353. The van der Waals surface area contributed by atoms with Crippen molar-refractivity contribution in [2.45, 2.75) is 12.5 Å². The van der Waals surface area contributed by atoms with E-state index in [4.69, 9.17) is 26.4 Å². The molecule has 1 aliphatic rings. The van der Waals surface area contributed by atoms with Gasteiger partial charge in [-0.15, -0.1) is 0 Å². The highest BCUT2D eigenvalue weighted by atomic mass is 35.5. The molecule has 12 heteroatoms. The van der Waals surface area contributed by atoms with Crippen LogP contribution >= 0.6 is 19.4 Å². The van der Waals surface area contributed by atoms with Crippen molar-refractivity contribution in [1.82, 2.24) is 19.5 Å². The number of fused-ring (bicyclic) bond motifs is 1. The summed E-state index contributed by atoms with van der Waals surface area (Å²) in [5.74, 6) is -0.0612. The molecule has 2 aromatic heterocycles. The van der Waals surface area contributed by atoms with E-state index >= 15 is 0 Å². The van der Waals surface area contributed by atoms with Gasteiger partial charge in [0.25, 0.3) is 0 Å². The topological polar surface area (TPSA) is 146 Å². The number of hydrogen-bond acceptors (Lipinski definition) is 8. The van der Waals surface area contributed by atoms with Gasteiger partial charge in [-0.25, -0.2) is 14.5 Å². The van der Waals surface area contributed by atoms with E-state index in [2.05, 4.69) is 15.0 Å². The quantitative estimate of drug-likeness (QED) is 0.472. The molecule has 0 saturated heterocycles. The van der Waals surface area contributed by atoms with Gasteiger partial charge < -0.3 is 19.9 Å². The number of aliphatic hydroxyl groups excluding tert-OH is 1. The number of benzene rings is 1. The lowest BCUT2D eigenvalue weighted by Gasteiger charge is -2.44. The van der Waals surface area contributed by atoms with Crippen molar-refractivity contribution in [2.75, 3.05) is 18.9 Å². The van der Waals surface area contributed by atoms with Crippen LogP contribution in [0.4, 0.5) is 5.95 Å². The lowest BCUT2D eigenvalue weighted by atomic mass is 9.70. The van der Waals surface area contributed by atoms with Crippen molar-refractivity contribution in [1.29, 1.82) is 0 Å². The van der Waals surface area contributed by atoms with Gasteiger partial charge >= 0.3 is 7.82 Å². The number of rotatable bonds is 7. The number of aromatic nitrogens is 4. The molecule has 1 aliphatic carbocycles. The molecule has 3 aromatic rings. The van der Waals surface area contributed by atoms with Gasteiger partial charge in [0.05, 0.1) is 19.1 Å². The summed E-state index contributed by atoms with van der Waals surface area (Å²) in [5.41, 5.74) is 6.84. The number of phosphoric ester groups is 1. The minimum atomic E-state index is -4.33. The largest absolute Gasteiger partial charge is 0.527 e. The van der Waals surface area contributed by atoms with Crippen LogP contribution in [-0.4, -0.2) is 42.7 Å². The van der Waals surface area contributed by atoms with Crippen LogP contribution in [0.2, 0.25) is 5.02 Å². The Morgan fingerprint density at radius 2 is 2.21 bits per heavy atom. The van der Waals surface area contributed by atoms with Crippen molar-refractivity contribution < 1.29 is 23.6 Å². The van der Waals surface area contributed by atoms with Crippen molar-refractivity contribution in [3.8, 4) is 5.75 Å². The molecule has 4 N–H and O–H groups in total. The predicted octanol–water partition coefficient (Wildman–Crippen LogP) is 2.43. The molecule has 0 aliphatic heterocycles. The summed E-state index contributed by atoms with van der Waals surface area (Å²) in [7, 11) is -4.33. The van der Waals surface area contributed by atoms with E-state index in [-0.39, 0.29) is 42.8 Å². The molecule has 1 fully saturated rings. The van der Waals surface area contributed by atoms with Crippen LogP contribution in [0.3, 0.4) is 0 Å². The second-order valence-corrected chi connectivity index (χ2v) is 8.63. The lowest BCUT2D eigenvalue weighted by Crippen LogP contribution is -2.42. The third-order valence-electron chi connectivity index (χ3n) is 5.02. The molecular weight excluding hydrogens is 421 g/mol. The van der Waals surface area contributed by atoms with E-state index in [9.17, 15) is 14.6 Å². The number of nitrogen functional groups attached to an aromatic ring is 1. The second kappa shape index (κ2) is 7.89. The molecule has 29 heavy (non-hydrogen) atoms. The zero-order valence-corrected chi connectivity index (χ0v) is 16.8. The Kier molecular flexibility index (Phi) is 5.46. The smallest absolute Gasteiger partial charge is 0.404 e. The Morgan fingerprint density at radius 3 is 2.97 bits per heavy atom. The Labute approximate surface area is 170 Å². The van der Waals surface area contributed by atoms with Gasteiger partial charge in [0.2, 0.25) is 5.95 Å². The van der Waals surface area contributed by atoms with E-state index in [0.717, 1.165) is 0 Å². The SMILES string of the molecule is Nc1ncc2ncn([C@@H]3C[C@H](COP(=O)(O)Oc4cccc(Cl)c4)[C@@H]3CO)c2n1. The van der Waals surface area contributed by atoms with Crippen LogP contribution < -0.4 is 10.3 Å². The number of nitrogens with two attached hydrogens (primary N) is 1. The van der Waals surface area contributed by atoms with Crippen molar-refractivity contribution in [2.24, 2.45) is 11.8 Å². The average molecular weight is 440 g/mol. The summed E-state index contributed by atoms with van der Waals surface area (Å²) in [6.07, 6.45) is 3.77. The highest BCUT2D eigenvalue weighted by molar-refractivity contribution is 7.47. The standard InChI is InChI=1S/C17H19ClN5O5P/c18-11-2-1-3-12(5-11)28-29(25,26)27-8-10-4-15(13(10)7-24)23-9-21-14-6-20-17(19)22-16(14)23/h1-3,5-6,9-10,13,15,24H,4,7-8H2,(H,25,26)(H2,19,20,22)/t10-,13+,15-/m1/s1. The van der Waals surface area contributed by atoms with E-state index in [0.29, 0.717) is 22.6 Å². The van der Waals surface area contributed by atoms with Crippen LogP contribution in [-0.2, 0) is 9.09 Å². The number of imidazole rings is 1. The molecule has 154 valence electrons. The Morgan fingerprint density at radius 1 is 1.38 bits per heavy atom.